The van der Waals surface area contributed by atoms with Gasteiger partial charge in [0.05, 0.1) is 16.3 Å². The molecule has 0 aromatic heterocycles. The summed E-state index contributed by atoms with van der Waals surface area (Å²) in [5.41, 5.74) is 5.81. The molecule has 0 saturated carbocycles. The summed E-state index contributed by atoms with van der Waals surface area (Å²) in [7, 11) is -4.32. The Bertz CT molecular complexity index is 853. The average Bonchev–Trinajstić information content (AvgIpc) is 2.41. The van der Waals surface area contributed by atoms with Crippen LogP contribution in [0.4, 0.5) is 27.1 Å². The Kier molecular flexibility index (Phi) is 4.11. The van der Waals surface area contributed by atoms with Gasteiger partial charge in [-0.3, -0.25) is 4.55 Å². The van der Waals surface area contributed by atoms with Crippen LogP contribution in [0.5, 0.6) is 0 Å². The SMILES string of the molecule is Cc1cc(Nc2cc(F)c(N)cc2N=O)ccc1S(=O)(=O)O. The fourth-order valence-corrected chi connectivity index (χ4v) is 2.63. The van der Waals surface area contributed by atoms with Gasteiger partial charge in [-0.25, -0.2) is 4.39 Å². The Balaban J connectivity index is 2.42. The van der Waals surface area contributed by atoms with E-state index in [9.17, 15) is 17.7 Å². The number of anilines is 3. The topological polar surface area (TPSA) is 122 Å². The minimum atomic E-state index is -4.32. The summed E-state index contributed by atoms with van der Waals surface area (Å²) in [4.78, 5) is 10.5. The summed E-state index contributed by atoms with van der Waals surface area (Å²) in [6.07, 6.45) is 0. The largest absolute Gasteiger partial charge is 0.396 e. The molecule has 0 radical (unpaired) electrons. The first-order valence-electron chi connectivity index (χ1n) is 6.00. The smallest absolute Gasteiger partial charge is 0.294 e. The highest BCUT2D eigenvalue weighted by Gasteiger charge is 2.14. The van der Waals surface area contributed by atoms with Crippen molar-refractivity contribution in [2.24, 2.45) is 5.18 Å². The van der Waals surface area contributed by atoms with Crippen LogP contribution in [0.25, 0.3) is 0 Å². The lowest BCUT2D eigenvalue weighted by molar-refractivity contribution is 0.482. The van der Waals surface area contributed by atoms with Gasteiger partial charge in [-0.1, -0.05) is 0 Å². The molecule has 2 aromatic carbocycles. The molecule has 0 aliphatic heterocycles. The highest BCUT2D eigenvalue weighted by Crippen LogP contribution is 2.32. The lowest BCUT2D eigenvalue weighted by Crippen LogP contribution is -2.02. The normalized spacial score (nSPS) is 11.2. The number of nitroso groups, excluding NO2 is 1. The number of aryl methyl sites for hydroxylation is 1. The Hall–Kier alpha value is -2.52. The molecule has 2 rings (SSSR count). The number of nitrogens with zero attached hydrogens (tertiary/aromatic N) is 1. The van der Waals surface area contributed by atoms with Gasteiger partial charge in [0.25, 0.3) is 10.1 Å². The first-order chi connectivity index (χ1) is 10.2. The van der Waals surface area contributed by atoms with Crippen molar-refractivity contribution in [3.05, 3.63) is 46.6 Å². The number of nitrogens with two attached hydrogens (primary N) is 1. The number of nitrogen functional groups attached to an aromatic ring is 1. The van der Waals surface area contributed by atoms with Crippen molar-refractivity contribution < 1.29 is 17.4 Å². The fourth-order valence-electron chi connectivity index (χ4n) is 1.93. The van der Waals surface area contributed by atoms with Crippen molar-refractivity contribution in [1.82, 2.24) is 0 Å². The zero-order valence-electron chi connectivity index (χ0n) is 11.4. The third kappa shape index (κ3) is 3.21. The number of hydrogen-bond donors (Lipinski definition) is 3. The molecule has 0 unspecified atom stereocenters. The van der Waals surface area contributed by atoms with Gasteiger partial charge in [0.15, 0.2) is 0 Å². The Labute approximate surface area is 125 Å². The van der Waals surface area contributed by atoms with Crippen molar-refractivity contribution in [3.8, 4) is 0 Å². The molecule has 0 aliphatic carbocycles. The van der Waals surface area contributed by atoms with E-state index in [1.54, 1.807) is 0 Å². The zero-order chi connectivity index (χ0) is 16.5. The predicted octanol–water partition coefficient (Wildman–Crippen LogP) is 3.10. The fraction of sp³-hybridized carbons (Fsp3) is 0.0769. The minimum absolute atomic E-state index is 0.0840. The molecule has 0 amide bonds. The molecule has 2 aromatic rings. The summed E-state index contributed by atoms with van der Waals surface area (Å²) < 4.78 is 44.8. The van der Waals surface area contributed by atoms with Gasteiger partial charge < -0.3 is 11.1 Å². The van der Waals surface area contributed by atoms with E-state index in [2.05, 4.69) is 10.5 Å². The standard InChI is InChI=1S/C13H12FN3O4S/c1-7-4-8(2-3-13(7)22(19,20)21)16-11-5-9(14)10(15)6-12(11)17-18/h2-6,16H,15H2,1H3,(H,19,20,21). The summed E-state index contributed by atoms with van der Waals surface area (Å²) in [5, 5.41) is 5.50. The number of hydrogen-bond acceptors (Lipinski definition) is 6. The van der Waals surface area contributed by atoms with Crippen LogP contribution < -0.4 is 11.1 Å². The van der Waals surface area contributed by atoms with E-state index in [0.717, 1.165) is 12.1 Å². The second kappa shape index (κ2) is 5.70. The summed E-state index contributed by atoms with van der Waals surface area (Å²) in [6, 6.07) is 6.07. The molecular weight excluding hydrogens is 313 g/mol. The molecule has 0 atom stereocenters. The van der Waals surface area contributed by atoms with Crippen LogP contribution in [0, 0.1) is 17.6 Å². The number of benzene rings is 2. The number of rotatable bonds is 4. The van der Waals surface area contributed by atoms with Gasteiger partial charge in [-0.2, -0.15) is 8.42 Å². The highest BCUT2D eigenvalue weighted by molar-refractivity contribution is 7.85. The molecular formula is C13H12FN3O4S. The van der Waals surface area contributed by atoms with Gasteiger partial charge in [-0.05, 0) is 41.9 Å². The van der Waals surface area contributed by atoms with Crippen molar-refractivity contribution in [1.29, 1.82) is 0 Å². The maximum absolute atomic E-state index is 13.5. The second-order valence-corrected chi connectivity index (χ2v) is 5.95. The Morgan fingerprint density at radius 2 is 1.95 bits per heavy atom. The van der Waals surface area contributed by atoms with Crippen LogP contribution in [0.2, 0.25) is 0 Å². The van der Waals surface area contributed by atoms with Gasteiger partial charge in [0.1, 0.15) is 11.5 Å². The van der Waals surface area contributed by atoms with Gasteiger partial charge in [0.2, 0.25) is 0 Å². The maximum Gasteiger partial charge on any atom is 0.294 e. The van der Waals surface area contributed by atoms with Crippen molar-refractivity contribution in [2.45, 2.75) is 11.8 Å². The summed E-state index contributed by atoms with van der Waals surface area (Å²) in [5.74, 6) is -0.721. The molecule has 7 nitrogen and oxygen atoms in total. The van der Waals surface area contributed by atoms with Crippen molar-refractivity contribution >= 4 is 32.9 Å². The number of nitrogens with one attached hydrogen (secondary N) is 1. The monoisotopic (exact) mass is 325 g/mol. The second-order valence-electron chi connectivity index (χ2n) is 4.56. The van der Waals surface area contributed by atoms with E-state index < -0.39 is 15.9 Å². The third-order valence-electron chi connectivity index (χ3n) is 2.95. The van der Waals surface area contributed by atoms with Crippen LogP contribution in [0.3, 0.4) is 0 Å². The highest BCUT2D eigenvalue weighted by atomic mass is 32.2. The lowest BCUT2D eigenvalue weighted by atomic mass is 10.2. The zero-order valence-corrected chi connectivity index (χ0v) is 12.2. The molecule has 0 aliphatic rings. The van der Waals surface area contributed by atoms with E-state index in [-0.39, 0.29) is 27.5 Å². The van der Waals surface area contributed by atoms with Crippen LogP contribution >= 0.6 is 0 Å². The van der Waals surface area contributed by atoms with E-state index in [4.69, 9.17) is 10.3 Å². The molecule has 0 fully saturated rings. The average molecular weight is 325 g/mol. The van der Waals surface area contributed by atoms with Crippen molar-refractivity contribution in [2.75, 3.05) is 11.1 Å². The van der Waals surface area contributed by atoms with E-state index in [1.807, 2.05) is 0 Å². The van der Waals surface area contributed by atoms with Gasteiger partial charge in [-0.15, -0.1) is 4.91 Å². The molecule has 0 spiro atoms. The quantitative estimate of drug-likeness (QED) is 0.451. The van der Waals surface area contributed by atoms with E-state index in [0.29, 0.717) is 5.69 Å². The van der Waals surface area contributed by atoms with Crippen molar-refractivity contribution in [3.63, 3.8) is 0 Å². The summed E-state index contributed by atoms with van der Waals surface area (Å²) in [6.45, 7) is 1.48. The third-order valence-corrected chi connectivity index (χ3v) is 3.96. The first-order valence-corrected chi connectivity index (χ1v) is 7.44. The minimum Gasteiger partial charge on any atom is -0.396 e. The molecule has 4 N–H and O–H groups in total. The molecule has 0 heterocycles. The molecule has 0 saturated heterocycles. The Morgan fingerprint density at radius 3 is 2.50 bits per heavy atom. The number of halogens is 1. The van der Waals surface area contributed by atoms with E-state index >= 15 is 0 Å². The van der Waals surface area contributed by atoms with E-state index in [1.165, 1.54) is 25.1 Å². The maximum atomic E-state index is 13.5. The van der Waals surface area contributed by atoms with Crippen LogP contribution in [-0.2, 0) is 10.1 Å². The molecule has 22 heavy (non-hydrogen) atoms. The summed E-state index contributed by atoms with van der Waals surface area (Å²) >= 11 is 0. The first kappa shape index (κ1) is 15.9. The molecule has 0 bridgehead atoms. The lowest BCUT2D eigenvalue weighted by Gasteiger charge is -2.11. The Morgan fingerprint density at radius 1 is 1.27 bits per heavy atom. The van der Waals surface area contributed by atoms with Gasteiger partial charge in [0, 0.05) is 11.8 Å². The van der Waals surface area contributed by atoms with Crippen LogP contribution in [-0.4, -0.2) is 13.0 Å². The molecule has 9 heteroatoms. The van der Waals surface area contributed by atoms with Gasteiger partial charge >= 0.3 is 0 Å². The van der Waals surface area contributed by atoms with Crippen LogP contribution in [0.1, 0.15) is 5.56 Å². The predicted molar refractivity (Wildman–Crippen MR) is 80.5 cm³/mol. The molecule has 116 valence electrons. The van der Waals surface area contributed by atoms with Crippen LogP contribution in [0.15, 0.2) is 40.4 Å².